The fourth-order valence-electron chi connectivity index (χ4n) is 8.56. The number of carbonyl (C=O) groups excluding carboxylic acids is 1. The lowest BCUT2D eigenvalue weighted by Gasteiger charge is -2.41. The van der Waals surface area contributed by atoms with Crippen molar-refractivity contribution in [3.8, 4) is 41.4 Å². The summed E-state index contributed by atoms with van der Waals surface area (Å²) < 4.78 is 67.0. The van der Waals surface area contributed by atoms with Crippen molar-refractivity contribution in [2.75, 3.05) is 31.1 Å². The van der Waals surface area contributed by atoms with Crippen molar-refractivity contribution < 1.29 is 32.2 Å². The van der Waals surface area contributed by atoms with Gasteiger partial charge in [-0.15, -0.1) is 6.42 Å². The van der Waals surface area contributed by atoms with E-state index >= 15 is 8.78 Å². The number of alkyl halides is 1. The van der Waals surface area contributed by atoms with Crippen LogP contribution in [0.1, 0.15) is 30.9 Å². The molecule has 1 amide bonds. The fourth-order valence-corrected chi connectivity index (χ4v) is 8.56. The molecule has 0 radical (unpaired) electrons. The molecule has 5 aromatic rings. The highest BCUT2D eigenvalue weighted by atomic mass is 19.1. The molecule has 1 N–H and O–H groups in total. The maximum atomic E-state index is 17.1. The van der Waals surface area contributed by atoms with Crippen molar-refractivity contribution in [1.29, 1.82) is 5.26 Å². The molecule has 8 rings (SSSR count). The SMILES string of the molecule is C#Cc1c(F)ccc2cc(O)cc(-c3ncc4c(N5C[C@H]6CC(C#N)[C@@H](C5)N6C(=O)C=C)nc(OC[C@]5(C)C[C@@H](F)CN5Cc5ccc(F)cc5)nc4c3F)c12. The number of hydrogen-bond donors (Lipinski definition) is 1. The molecule has 56 heavy (non-hydrogen) atoms. The highest BCUT2D eigenvalue weighted by Crippen LogP contribution is 2.42. The topological polar surface area (TPSA) is 119 Å². The number of phenolic OH excluding ortho intramolecular Hbond substituents is 1. The first-order valence-corrected chi connectivity index (χ1v) is 18.1. The maximum absolute atomic E-state index is 17.1. The van der Waals surface area contributed by atoms with E-state index in [1.165, 1.54) is 42.6 Å². The summed E-state index contributed by atoms with van der Waals surface area (Å²) in [6.45, 7) is 6.23. The zero-order chi connectivity index (χ0) is 39.5. The number of halogens is 4. The molecule has 0 saturated carbocycles. The Balaban J connectivity index is 1.23. The summed E-state index contributed by atoms with van der Waals surface area (Å²) in [7, 11) is 0. The Morgan fingerprint density at radius 3 is 2.66 bits per heavy atom. The highest BCUT2D eigenvalue weighted by Gasteiger charge is 2.49. The van der Waals surface area contributed by atoms with Gasteiger partial charge in [0.2, 0.25) is 5.91 Å². The molecule has 0 aliphatic carbocycles. The number of pyridine rings is 1. The van der Waals surface area contributed by atoms with Crippen LogP contribution >= 0.6 is 0 Å². The van der Waals surface area contributed by atoms with Gasteiger partial charge in [0.1, 0.15) is 47.2 Å². The number of benzene rings is 3. The molecule has 0 spiro atoms. The Kier molecular flexibility index (Phi) is 9.25. The third-order valence-electron chi connectivity index (χ3n) is 11.2. The van der Waals surface area contributed by atoms with E-state index in [9.17, 15) is 23.9 Å². The lowest BCUT2D eigenvalue weighted by atomic mass is 9.96. The monoisotopic (exact) mass is 761 g/mol. The van der Waals surface area contributed by atoms with Gasteiger partial charge in [-0.2, -0.15) is 15.2 Å². The lowest BCUT2D eigenvalue weighted by Crippen LogP contribution is -2.56. The van der Waals surface area contributed by atoms with Crippen molar-refractivity contribution in [1.82, 2.24) is 24.8 Å². The van der Waals surface area contributed by atoms with Crippen LogP contribution in [0.2, 0.25) is 0 Å². The first-order chi connectivity index (χ1) is 26.9. The number of carbonyl (C=O) groups is 1. The Morgan fingerprint density at radius 1 is 1.14 bits per heavy atom. The smallest absolute Gasteiger partial charge is 0.319 e. The number of aromatic nitrogens is 3. The average molecular weight is 762 g/mol. The molecule has 2 bridgehead atoms. The molecule has 14 heteroatoms. The number of ether oxygens (including phenoxy) is 1. The normalized spacial score (nSPS) is 23.3. The third kappa shape index (κ3) is 6.30. The molecule has 3 aliphatic rings. The summed E-state index contributed by atoms with van der Waals surface area (Å²) in [5, 5.41) is 21.3. The second-order valence-electron chi connectivity index (χ2n) is 14.8. The van der Waals surface area contributed by atoms with Crippen molar-refractivity contribution in [3.05, 3.63) is 96.0 Å². The van der Waals surface area contributed by atoms with E-state index in [0.717, 1.165) is 11.6 Å². The highest BCUT2D eigenvalue weighted by molar-refractivity contribution is 6.03. The molecule has 284 valence electrons. The van der Waals surface area contributed by atoms with Crippen molar-refractivity contribution in [2.24, 2.45) is 5.92 Å². The molecule has 2 aromatic heterocycles. The van der Waals surface area contributed by atoms with E-state index in [4.69, 9.17) is 16.1 Å². The maximum Gasteiger partial charge on any atom is 0.319 e. The summed E-state index contributed by atoms with van der Waals surface area (Å²) in [4.78, 5) is 32.0. The molecule has 1 unspecified atom stereocenters. The minimum Gasteiger partial charge on any atom is -0.508 e. The van der Waals surface area contributed by atoms with E-state index in [1.54, 1.807) is 17.0 Å². The van der Waals surface area contributed by atoms with Gasteiger partial charge in [-0.1, -0.05) is 30.7 Å². The van der Waals surface area contributed by atoms with Gasteiger partial charge >= 0.3 is 6.01 Å². The van der Waals surface area contributed by atoms with Crippen LogP contribution < -0.4 is 9.64 Å². The van der Waals surface area contributed by atoms with E-state index in [2.05, 4.69) is 28.5 Å². The predicted molar refractivity (Wildman–Crippen MR) is 201 cm³/mol. The van der Waals surface area contributed by atoms with Crippen LogP contribution in [0.25, 0.3) is 32.9 Å². The fraction of sp³-hybridized carbons (Fsp3) is 0.310. The first-order valence-electron chi connectivity index (χ1n) is 18.1. The summed E-state index contributed by atoms with van der Waals surface area (Å²) in [5.74, 6) is -0.448. The number of aromatic hydroxyl groups is 1. The summed E-state index contributed by atoms with van der Waals surface area (Å²) in [5.41, 5.74) is -0.658. The quantitative estimate of drug-likeness (QED) is 0.108. The Labute approximate surface area is 319 Å². The van der Waals surface area contributed by atoms with Gasteiger partial charge in [0, 0.05) is 49.7 Å². The van der Waals surface area contributed by atoms with Crippen LogP contribution in [0, 0.1) is 47.0 Å². The first kappa shape index (κ1) is 36.7. The Morgan fingerprint density at radius 2 is 1.93 bits per heavy atom. The van der Waals surface area contributed by atoms with Crippen LogP contribution in [0.15, 0.2) is 67.4 Å². The number of nitrogens with zero attached hydrogens (tertiary/aromatic N) is 7. The predicted octanol–water partition coefficient (Wildman–Crippen LogP) is 6.45. The van der Waals surface area contributed by atoms with Crippen LogP contribution in [-0.4, -0.2) is 85.8 Å². The zero-order valence-corrected chi connectivity index (χ0v) is 30.2. The molecule has 5 heterocycles. The largest absolute Gasteiger partial charge is 0.508 e. The van der Waals surface area contributed by atoms with Gasteiger partial charge in [-0.05, 0) is 60.7 Å². The van der Waals surface area contributed by atoms with Gasteiger partial charge in [-0.25, -0.2) is 17.6 Å². The van der Waals surface area contributed by atoms with Gasteiger partial charge < -0.3 is 19.6 Å². The number of hydrogen-bond acceptors (Lipinski definition) is 9. The average Bonchev–Trinajstić information content (AvgIpc) is 3.60. The molecule has 10 nitrogen and oxygen atoms in total. The second kappa shape index (κ2) is 14.1. The van der Waals surface area contributed by atoms with Crippen molar-refractivity contribution >= 4 is 33.4 Å². The van der Waals surface area contributed by atoms with Crippen LogP contribution in [-0.2, 0) is 11.3 Å². The number of rotatable bonds is 8. The third-order valence-corrected chi connectivity index (χ3v) is 11.2. The van der Waals surface area contributed by atoms with Gasteiger partial charge in [0.05, 0.1) is 40.6 Å². The van der Waals surface area contributed by atoms with Crippen molar-refractivity contribution in [3.63, 3.8) is 0 Å². The molecular weight excluding hydrogens is 726 g/mol. The summed E-state index contributed by atoms with van der Waals surface area (Å²) in [6, 6.07) is 12.4. The minimum atomic E-state index is -1.17. The van der Waals surface area contributed by atoms with Gasteiger partial charge in [0.25, 0.3) is 0 Å². The van der Waals surface area contributed by atoms with E-state index in [1.807, 2.05) is 16.7 Å². The summed E-state index contributed by atoms with van der Waals surface area (Å²) in [6.07, 6.45) is 7.66. The minimum absolute atomic E-state index is 0.0322. The number of terminal acetylenes is 1. The number of anilines is 1. The lowest BCUT2D eigenvalue weighted by molar-refractivity contribution is -0.129. The Bertz CT molecular complexity index is 2500. The van der Waals surface area contributed by atoms with Crippen LogP contribution in [0.5, 0.6) is 11.8 Å². The Hall–Kier alpha value is -6.25. The van der Waals surface area contributed by atoms with Crippen LogP contribution in [0.4, 0.5) is 23.4 Å². The molecule has 3 fully saturated rings. The van der Waals surface area contributed by atoms with E-state index in [-0.39, 0.29) is 101 Å². The number of nitriles is 1. The van der Waals surface area contributed by atoms with Gasteiger partial charge in [0.15, 0.2) is 5.82 Å². The van der Waals surface area contributed by atoms with Gasteiger partial charge in [-0.3, -0.25) is 14.7 Å². The standard InChI is InChI=1S/C42H35F4N7O3/c1-4-30-33(45)11-8-24-13-29(54)14-31(36(24)30)38-37(46)39-32(17-48-38)40(51-20-28-12-25(16-47)34(21-51)53(28)35(55)5-2)50-41(49-39)56-22-42(3)15-27(44)19-52(42)18-23-6-9-26(43)10-7-23/h1,5-11,13-14,17,25,27-28,34,54H,2,12,15,18-22H2,3H3/t25?,27-,28-,34-,42+/m1/s1. The summed E-state index contributed by atoms with van der Waals surface area (Å²) >= 11 is 0. The molecular formula is C42H35F4N7O3. The van der Waals surface area contributed by atoms with Crippen LogP contribution in [0.3, 0.4) is 0 Å². The molecule has 3 aromatic carbocycles. The zero-order valence-electron chi connectivity index (χ0n) is 30.2. The number of phenols is 1. The second-order valence-corrected chi connectivity index (χ2v) is 14.8. The molecule has 3 saturated heterocycles. The number of piperazine rings is 1. The van der Waals surface area contributed by atoms with E-state index in [0.29, 0.717) is 18.4 Å². The number of likely N-dealkylation sites (tertiary alicyclic amines) is 1. The van der Waals surface area contributed by atoms with E-state index < -0.39 is 35.3 Å². The number of amides is 1. The molecule has 5 atom stereocenters. The molecule has 3 aliphatic heterocycles. The van der Waals surface area contributed by atoms with Crippen molar-refractivity contribution in [2.45, 2.75) is 50.1 Å². The number of fused-ring (bicyclic) bond motifs is 4.